The van der Waals surface area contributed by atoms with Crippen LogP contribution in [0.15, 0.2) is 0 Å². The van der Waals surface area contributed by atoms with Crippen LogP contribution in [0.3, 0.4) is 0 Å². The maximum atomic E-state index is 12.2. The molecule has 3 heteroatoms. The van der Waals surface area contributed by atoms with Crippen molar-refractivity contribution in [1.29, 1.82) is 0 Å². The number of rotatable bonds is 8. The predicted molar refractivity (Wildman–Crippen MR) is 83.2 cm³/mol. The van der Waals surface area contributed by atoms with Gasteiger partial charge in [0.05, 0.1) is 11.7 Å². The van der Waals surface area contributed by atoms with Crippen LogP contribution in [-0.4, -0.2) is 23.3 Å². The molecule has 0 aromatic heterocycles. The largest absolute Gasteiger partial charge is 0.366 e. The Kier molecular flexibility index (Phi) is 4.92. The van der Waals surface area contributed by atoms with Gasteiger partial charge in [0, 0.05) is 19.3 Å². The molecule has 1 saturated carbocycles. The van der Waals surface area contributed by atoms with Gasteiger partial charge in [-0.05, 0) is 57.3 Å². The van der Waals surface area contributed by atoms with Crippen LogP contribution in [0.25, 0.3) is 0 Å². The summed E-state index contributed by atoms with van der Waals surface area (Å²) >= 11 is 0. The molecule has 120 valence electrons. The summed E-state index contributed by atoms with van der Waals surface area (Å²) in [5, 5.41) is 0. The van der Waals surface area contributed by atoms with Gasteiger partial charge in [0.2, 0.25) is 0 Å². The van der Waals surface area contributed by atoms with Gasteiger partial charge < -0.3 is 9.53 Å². The fourth-order valence-corrected chi connectivity index (χ4v) is 3.88. The van der Waals surface area contributed by atoms with Crippen LogP contribution in [0, 0.1) is 11.3 Å². The summed E-state index contributed by atoms with van der Waals surface area (Å²) in [5.74, 6) is 1.16. The molecule has 21 heavy (non-hydrogen) atoms. The number of Topliss-reactive ketones (excluding diaryl/α,β-unsaturated/α-hetero) is 2. The number of hydrogen-bond donors (Lipinski definition) is 0. The van der Waals surface area contributed by atoms with E-state index in [1.165, 1.54) is 6.42 Å². The van der Waals surface area contributed by atoms with Gasteiger partial charge in [0.1, 0.15) is 11.6 Å². The van der Waals surface area contributed by atoms with E-state index in [1.54, 1.807) is 6.92 Å². The first-order chi connectivity index (χ1) is 9.73. The molecule has 3 unspecified atom stereocenters. The Balaban J connectivity index is 1.74. The van der Waals surface area contributed by atoms with Gasteiger partial charge in [-0.15, -0.1) is 0 Å². The van der Waals surface area contributed by atoms with Gasteiger partial charge >= 0.3 is 0 Å². The number of carbonyl (C=O) groups excluding carboxylic acids is 2. The molecule has 0 aromatic rings. The van der Waals surface area contributed by atoms with Crippen molar-refractivity contribution in [1.82, 2.24) is 0 Å². The minimum atomic E-state index is 0.0671. The molecular formula is C18H30O3. The molecule has 0 spiro atoms. The number of carbonyl (C=O) groups is 2. The standard InChI is InChI=1S/C18H30O3/c1-13(19)7-5-6-8-15(20)12-17(2,3)14-9-10-16-18(4,11-14)21-16/h14,16H,5-12H2,1-4H3. The summed E-state index contributed by atoms with van der Waals surface area (Å²) < 4.78 is 5.78. The van der Waals surface area contributed by atoms with Crippen molar-refractivity contribution in [2.75, 3.05) is 0 Å². The average Bonchev–Trinajstić information content (AvgIpc) is 3.04. The van der Waals surface area contributed by atoms with Gasteiger partial charge in [-0.25, -0.2) is 0 Å². The monoisotopic (exact) mass is 294 g/mol. The lowest BCUT2D eigenvalue weighted by Crippen LogP contribution is -2.34. The highest BCUT2D eigenvalue weighted by molar-refractivity contribution is 5.79. The number of fused-ring (bicyclic) bond motifs is 1. The van der Waals surface area contributed by atoms with Gasteiger partial charge in [0.15, 0.2) is 0 Å². The lowest BCUT2D eigenvalue weighted by Gasteiger charge is -2.37. The van der Waals surface area contributed by atoms with Crippen LogP contribution in [0.1, 0.15) is 79.1 Å². The minimum absolute atomic E-state index is 0.0671. The van der Waals surface area contributed by atoms with Crippen molar-refractivity contribution in [3.8, 4) is 0 Å². The zero-order valence-electron chi connectivity index (χ0n) is 14.0. The second-order valence-electron chi connectivity index (χ2n) is 8.01. The normalized spacial score (nSPS) is 31.6. The SMILES string of the molecule is CC(=O)CCCCC(=O)CC(C)(C)C1CCC2OC2(C)C1. The fraction of sp³-hybridized carbons (Fsp3) is 0.889. The van der Waals surface area contributed by atoms with Crippen molar-refractivity contribution in [2.45, 2.75) is 90.8 Å². The topological polar surface area (TPSA) is 46.7 Å². The lowest BCUT2D eigenvalue weighted by atomic mass is 9.66. The van der Waals surface area contributed by atoms with Crippen LogP contribution in [-0.2, 0) is 14.3 Å². The first-order valence-corrected chi connectivity index (χ1v) is 8.42. The number of ketones is 2. The van der Waals surface area contributed by atoms with Gasteiger partial charge in [-0.2, -0.15) is 0 Å². The minimum Gasteiger partial charge on any atom is -0.366 e. The summed E-state index contributed by atoms with van der Waals surface area (Å²) in [6.45, 7) is 8.29. The third kappa shape index (κ3) is 4.38. The Morgan fingerprint density at radius 3 is 2.48 bits per heavy atom. The highest BCUT2D eigenvalue weighted by atomic mass is 16.6. The Bertz CT molecular complexity index is 413. The highest BCUT2D eigenvalue weighted by Crippen LogP contribution is 2.54. The molecule has 0 bridgehead atoms. The number of hydrogen-bond acceptors (Lipinski definition) is 3. The number of ether oxygens (including phenoxy) is 1. The molecule has 0 amide bonds. The van der Waals surface area contributed by atoms with E-state index in [4.69, 9.17) is 4.74 Å². The fourth-order valence-electron chi connectivity index (χ4n) is 3.88. The molecule has 0 aromatic carbocycles. The van der Waals surface area contributed by atoms with Gasteiger partial charge in [-0.3, -0.25) is 4.79 Å². The quantitative estimate of drug-likeness (QED) is 0.500. The average molecular weight is 294 g/mol. The van der Waals surface area contributed by atoms with Crippen molar-refractivity contribution < 1.29 is 14.3 Å². The number of unbranched alkanes of at least 4 members (excludes halogenated alkanes) is 1. The van der Waals surface area contributed by atoms with Gasteiger partial charge in [-0.1, -0.05) is 13.8 Å². The van der Waals surface area contributed by atoms with Crippen molar-refractivity contribution in [3.05, 3.63) is 0 Å². The second kappa shape index (κ2) is 6.20. The zero-order chi connectivity index (χ0) is 15.7. The highest BCUT2D eigenvalue weighted by Gasteiger charge is 2.57. The third-order valence-electron chi connectivity index (χ3n) is 5.46. The first kappa shape index (κ1) is 16.7. The molecule has 2 fully saturated rings. The summed E-state index contributed by atoms with van der Waals surface area (Å²) in [6, 6.07) is 0. The number of epoxide rings is 1. The summed E-state index contributed by atoms with van der Waals surface area (Å²) in [4.78, 5) is 23.1. The molecule has 2 aliphatic rings. The van der Waals surface area contributed by atoms with Gasteiger partial charge in [0.25, 0.3) is 0 Å². The molecular weight excluding hydrogens is 264 g/mol. The van der Waals surface area contributed by atoms with Crippen LogP contribution in [0.4, 0.5) is 0 Å². The molecule has 1 saturated heterocycles. The van der Waals surface area contributed by atoms with E-state index in [0.29, 0.717) is 37.1 Å². The molecule has 3 nitrogen and oxygen atoms in total. The first-order valence-electron chi connectivity index (χ1n) is 8.42. The molecule has 0 radical (unpaired) electrons. The second-order valence-corrected chi connectivity index (χ2v) is 8.01. The summed E-state index contributed by atoms with van der Waals surface area (Å²) in [6.07, 6.45) is 7.51. The van der Waals surface area contributed by atoms with E-state index in [9.17, 15) is 9.59 Å². The summed E-state index contributed by atoms with van der Waals surface area (Å²) in [5.41, 5.74) is 0.169. The van der Waals surface area contributed by atoms with E-state index in [0.717, 1.165) is 25.7 Å². The van der Waals surface area contributed by atoms with E-state index < -0.39 is 0 Å². The smallest absolute Gasteiger partial charge is 0.133 e. The van der Waals surface area contributed by atoms with E-state index in [1.807, 2.05) is 0 Å². The Labute approximate surface area is 128 Å². The van der Waals surface area contributed by atoms with Crippen LogP contribution < -0.4 is 0 Å². The maximum Gasteiger partial charge on any atom is 0.133 e. The Hall–Kier alpha value is -0.700. The van der Waals surface area contributed by atoms with Crippen LogP contribution in [0.2, 0.25) is 0 Å². The molecule has 3 atom stereocenters. The molecule has 0 N–H and O–H groups in total. The van der Waals surface area contributed by atoms with E-state index in [-0.39, 0.29) is 16.8 Å². The van der Waals surface area contributed by atoms with E-state index in [2.05, 4.69) is 20.8 Å². The zero-order valence-corrected chi connectivity index (χ0v) is 14.0. The van der Waals surface area contributed by atoms with E-state index >= 15 is 0 Å². The Morgan fingerprint density at radius 1 is 1.19 bits per heavy atom. The third-order valence-corrected chi connectivity index (χ3v) is 5.46. The van der Waals surface area contributed by atoms with Crippen LogP contribution in [0.5, 0.6) is 0 Å². The maximum absolute atomic E-state index is 12.2. The molecule has 1 aliphatic heterocycles. The predicted octanol–water partition coefficient (Wildman–Crippen LogP) is 4.08. The summed E-state index contributed by atoms with van der Waals surface area (Å²) in [7, 11) is 0. The Morgan fingerprint density at radius 2 is 1.86 bits per heavy atom. The molecule has 1 aliphatic carbocycles. The molecule has 2 rings (SSSR count). The lowest BCUT2D eigenvalue weighted by molar-refractivity contribution is -0.122. The molecule has 1 heterocycles. The van der Waals surface area contributed by atoms with Crippen molar-refractivity contribution in [2.24, 2.45) is 11.3 Å². The van der Waals surface area contributed by atoms with Crippen LogP contribution >= 0.6 is 0 Å². The van der Waals surface area contributed by atoms with Crippen molar-refractivity contribution >= 4 is 11.6 Å². The van der Waals surface area contributed by atoms with Crippen molar-refractivity contribution in [3.63, 3.8) is 0 Å².